The van der Waals surface area contributed by atoms with E-state index < -0.39 is 41.3 Å². The predicted molar refractivity (Wildman–Crippen MR) is 316 cm³/mol. The minimum Gasteiger partial charge on any atom is -0.497 e. The highest BCUT2D eigenvalue weighted by molar-refractivity contribution is 5.84. The molecule has 0 amide bonds. The van der Waals surface area contributed by atoms with Crippen LogP contribution in [0.2, 0.25) is 0 Å². The third-order valence-electron chi connectivity index (χ3n) is 15.6. The molecule has 1 N–H and O–H groups in total. The topological polar surface area (TPSA) is 111 Å². The Morgan fingerprint density at radius 3 is 1.24 bits per heavy atom. The van der Waals surface area contributed by atoms with Crippen LogP contribution in [0, 0.1) is 0 Å². The summed E-state index contributed by atoms with van der Waals surface area (Å²) in [6.07, 6.45) is -2.41. The van der Waals surface area contributed by atoms with Gasteiger partial charge in [-0.25, -0.2) is 19.3 Å². The van der Waals surface area contributed by atoms with Crippen molar-refractivity contribution in [3.05, 3.63) is 318 Å². The second-order valence-electron chi connectivity index (χ2n) is 20.1. The Hall–Kier alpha value is -9.46. The summed E-state index contributed by atoms with van der Waals surface area (Å²) in [6.45, 7) is -0.216. The first-order valence-electron chi connectivity index (χ1n) is 27.2. The molecule has 0 spiro atoms. The van der Waals surface area contributed by atoms with E-state index in [2.05, 4.69) is 29.6 Å². The van der Waals surface area contributed by atoms with Gasteiger partial charge in [-0.15, -0.1) is 0 Å². The molecule has 1 fully saturated rings. The van der Waals surface area contributed by atoms with Gasteiger partial charge >= 0.3 is 0 Å². The number of imidazole rings is 1. The van der Waals surface area contributed by atoms with E-state index in [9.17, 15) is 0 Å². The molecular formula is C70H60FN5O6. The Kier molecular flexibility index (Phi) is 15.1. The van der Waals surface area contributed by atoms with Gasteiger partial charge in [-0.2, -0.15) is 0 Å². The lowest BCUT2D eigenvalue weighted by molar-refractivity contribution is -0.119. The summed E-state index contributed by atoms with van der Waals surface area (Å²) >= 11 is 0. The number of hydrogen-bond acceptors (Lipinski definition) is 10. The first-order valence-corrected chi connectivity index (χ1v) is 27.2. The molecule has 408 valence electrons. The summed E-state index contributed by atoms with van der Waals surface area (Å²) in [4.78, 5) is 15.0. The molecule has 0 saturated carbocycles. The largest absolute Gasteiger partial charge is 0.497 e. The monoisotopic (exact) mass is 1080 g/mol. The molecule has 82 heavy (non-hydrogen) atoms. The van der Waals surface area contributed by atoms with Crippen molar-refractivity contribution < 1.29 is 32.8 Å². The summed E-state index contributed by atoms with van der Waals surface area (Å²) in [5, 5.41) is 3.91. The van der Waals surface area contributed by atoms with Crippen molar-refractivity contribution in [3.63, 3.8) is 0 Å². The highest BCUT2D eigenvalue weighted by Gasteiger charge is 2.54. The molecule has 9 aromatic carbocycles. The van der Waals surface area contributed by atoms with Gasteiger partial charge in [0.05, 0.1) is 34.3 Å². The van der Waals surface area contributed by atoms with Crippen LogP contribution in [0.4, 0.5) is 10.2 Å². The van der Waals surface area contributed by atoms with Gasteiger partial charge in [-0.1, -0.05) is 218 Å². The summed E-state index contributed by atoms with van der Waals surface area (Å²) in [5.41, 5.74) is 4.70. The molecule has 1 saturated heterocycles. The Balaban J connectivity index is 1.03. The predicted octanol–water partition coefficient (Wildman–Crippen LogP) is 13.9. The van der Waals surface area contributed by atoms with Crippen molar-refractivity contribution in [2.24, 2.45) is 0 Å². The molecule has 0 bridgehead atoms. The molecule has 2 aromatic heterocycles. The maximum Gasteiger partial charge on any atom is 0.167 e. The Morgan fingerprint density at radius 1 is 0.451 bits per heavy atom. The van der Waals surface area contributed by atoms with Gasteiger partial charge < -0.3 is 33.7 Å². The third kappa shape index (κ3) is 9.70. The number of nitrogens with one attached hydrogen (secondary N) is 1. The number of ether oxygens (including phenoxy) is 6. The van der Waals surface area contributed by atoms with Crippen LogP contribution in [0.25, 0.3) is 11.2 Å². The first-order chi connectivity index (χ1) is 40.4. The van der Waals surface area contributed by atoms with E-state index in [-0.39, 0.29) is 6.61 Å². The number of nitrogens with zero attached hydrogens (tertiary/aromatic N) is 4. The number of halogens is 1. The van der Waals surface area contributed by atoms with Crippen LogP contribution in [-0.2, 0) is 31.0 Å². The van der Waals surface area contributed by atoms with E-state index in [0.717, 1.165) is 50.1 Å². The number of benzene rings is 9. The highest BCUT2D eigenvalue weighted by Crippen LogP contribution is 2.49. The van der Waals surface area contributed by atoms with Crippen LogP contribution >= 0.6 is 0 Å². The van der Waals surface area contributed by atoms with E-state index in [1.165, 1.54) is 6.33 Å². The van der Waals surface area contributed by atoms with Crippen LogP contribution in [0.3, 0.4) is 0 Å². The van der Waals surface area contributed by atoms with Gasteiger partial charge in [0.15, 0.2) is 29.4 Å². The molecule has 0 radical (unpaired) electrons. The molecule has 0 aliphatic carbocycles. The minimum absolute atomic E-state index is 0.216. The number of aromatic nitrogens is 4. The molecule has 11 aromatic rings. The van der Waals surface area contributed by atoms with Crippen molar-refractivity contribution in [1.82, 2.24) is 19.5 Å². The highest BCUT2D eigenvalue weighted by atomic mass is 18.2. The third-order valence-corrected chi connectivity index (χ3v) is 15.6. The zero-order valence-electron chi connectivity index (χ0n) is 45.5. The first kappa shape index (κ1) is 53.2. The van der Waals surface area contributed by atoms with Crippen molar-refractivity contribution in [1.29, 1.82) is 0 Å². The molecule has 1 aliphatic heterocycles. The van der Waals surface area contributed by atoms with Crippen molar-refractivity contribution in [3.8, 4) is 17.2 Å². The smallest absolute Gasteiger partial charge is 0.167 e. The summed E-state index contributed by atoms with van der Waals surface area (Å²) < 4.78 is 60.1. The number of anilines is 1. The van der Waals surface area contributed by atoms with Crippen LogP contribution in [0.15, 0.2) is 267 Å². The number of rotatable bonds is 20. The molecule has 0 unspecified atom stereocenters. The van der Waals surface area contributed by atoms with E-state index >= 15 is 4.39 Å². The average molecular weight is 1090 g/mol. The Labute approximate surface area is 476 Å². The number of fused-ring (bicyclic) bond motifs is 1. The zero-order chi connectivity index (χ0) is 55.9. The number of alkyl halides is 1. The molecule has 3 heterocycles. The Morgan fingerprint density at radius 2 is 0.817 bits per heavy atom. The maximum absolute atomic E-state index is 19.0. The lowest BCUT2D eigenvalue weighted by Crippen LogP contribution is -2.43. The zero-order valence-corrected chi connectivity index (χ0v) is 45.5. The summed E-state index contributed by atoms with van der Waals surface area (Å²) in [5.74, 6) is 2.48. The van der Waals surface area contributed by atoms with Gasteiger partial charge in [0.1, 0.15) is 52.5 Å². The number of methoxy groups -OCH3 is 3. The molecule has 1 aliphatic rings. The summed E-state index contributed by atoms with van der Waals surface area (Å²) in [7, 11) is 4.92. The van der Waals surface area contributed by atoms with Crippen LogP contribution in [-0.4, -0.2) is 65.8 Å². The molecule has 12 rings (SSSR count). The van der Waals surface area contributed by atoms with Crippen molar-refractivity contribution in [2.45, 2.75) is 41.3 Å². The van der Waals surface area contributed by atoms with Crippen molar-refractivity contribution in [2.75, 3.05) is 33.3 Å². The minimum atomic E-state index is -1.81. The van der Waals surface area contributed by atoms with Gasteiger partial charge in [0, 0.05) is 0 Å². The fourth-order valence-electron chi connectivity index (χ4n) is 11.6. The van der Waals surface area contributed by atoms with Crippen LogP contribution in [0.1, 0.15) is 56.3 Å². The van der Waals surface area contributed by atoms with E-state index in [1.54, 1.807) is 32.2 Å². The van der Waals surface area contributed by atoms with Gasteiger partial charge in [0.25, 0.3) is 0 Å². The van der Waals surface area contributed by atoms with Gasteiger partial charge in [-0.3, -0.25) is 4.57 Å². The lowest BCUT2D eigenvalue weighted by Gasteiger charge is -2.39. The van der Waals surface area contributed by atoms with E-state index in [1.807, 2.05) is 231 Å². The SMILES string of the molecule is COc1ccc(C(Nc2ncnc3c2ncn3[C@@H]2O[C@H](COC(c3ccccc3)(c3ccccc3)c3ccc(OC)cc3)[C@H]([18F])[C@H]2OC(c2ccccc2)(c2ccccc2)c2ccc(OC)cc2)(c2ccccc2)c2ccccc2)cc1. The van der Waals surface area contributed by atoms with Gasteiger partial charge in [-0.05, 0) is 86.5 Å². The fourth-order valence-corrected chi connectivity index (χ4v) is 11.6. The average Bonchev–Trinajstić information content (AvgIpc) is 4.28. The van der Waals surface area contributed by atoms with Gasteiger partial charge in [0.2, 0.25) is 0 Å². The van der Waals surface area contributed by atoms with E-state index in [4.69, 9.17) is 43.4 Å². The standard InChI is InChI=1S/C70H60FN5O6/c1-77-58-40-34-51(35-41-58)68(49-22-10-4-11-23-49,50-24-12-5-13-25-50)75-65-63-66(73-47-72-65)76(48-74-63)67-64(82-70(54-30-18-8-19-31-54,55-32-20-9-21-33-55)57-38-44-60(79-3)45-39-57)62(71)61(81-67)46-80-69(52-26-14-6-15-27-52,53-28-16-7-17-29-53)56-36-42-59(78-2)43-37-56/h4-45,47-48,61-62,64,67H,46H2,1-3H3,(H,72,73,75)/t61-,62+,64-,67-/m1/s1/i71-1. The van der Waals surface area contributed by atoms with E-state index in [0.29, 0.717) is 34.2 Å². The van der Waals surface area contributed by atoms with Crippen LogP contribution in [0.5, 0.6) is 17.2 Å². The second kappa shape index (κ2) is 23.3. The lowest BCUT2D eigenvalue weighted by atomic mass is 9.77. The quantitative estimate of drug-likeness (QED) is 0.0741. The fraction of sp³-hybridized carbons (Fsp3) is 0.157. The molecular weight excluding hydrogens is 1020 g/mol. The molecule has 12 heteroatoms. The number of hydrogen-bond donors (Lipinski definition) is 1. The van der Waals surface area contributed by atoms with Crippen molar-refractivity contribution >= 4 is 17.0 Å². The second-order valence-corrected chi connectivity index (χ2v) is 20.1. The maximum atomic E-state index is 19.0. The molecule has 4 atom stereocenters. The summed E-state index contributed by atoms with van der Waals surface area (Å²) in [6, 6.07) is 83.7. The molecule has 11 nitrogen and oxygen atoms in total. The van der Waals surface area contributed by atoms with Crippen LogP contribution < -0.4 is 19.5 Å². The normalized spacial score (nSPS) is 16.4. The Bertz CT molecular complexity index is 3710.